The van der Waals surface area contributed by atoms with Gasteiger partial charge in [0.1, 0.15) is 5.75 Å². The van der Waals surface area contributed by atoms with Crippen molar-refractivity contribution >= 4 is 22.9 Å². The fourth-order valence-corrected chi connectivity index (χ4v) is 2.46. The van der Waals surface area contributed by atoms with Crippen molar-refractivity contribution in [3.05, 3.63) is 39.8 Å². The van der Waals surface area contributed by atoms with Crippen LogP contribution < -0.4 is 10.5 Å². The smallest absolute Gasteiger partial charge is 0.254 e. The van der Waals surface area contributed by atoms with Crippen LogP contribution in [-0.4, -0.2) is 29.9 Å². The maximum absolute atomic E-state index is 12.3. The van der Waals surface area contributed by atoms with Crippen molar-refractivity contribution in [3.63, 3.8) is 0 Å². The van der Waals surface area contributed by atoms with Crippen LogP contribution >= 0.6 is 11.3 Å². The number of rotatable bonds is 4. The normalized spacial score (nSPS) is 10.3. The van der Waals surface area contributed by atoms with Crippen LogP contribution in [-0.2, 0) is 6.54 Å². The minimum atomic E-state index is -0.0889. The van der Waals surface area contributed by atoms with Crippen LogP contribution in [0.4, 0.5) is 5.69 Å². The summed E-state index contributed by atoms with van der Waals surface area (Å²) in [5.41, 5.74) is 7.70. The molecule has 2 aromatic rings. The van der Waals surface area contributed by atoms with Gasteiger partial charge in [-0.05, 0) is 25.1 Å². The van der Waals surface area contributed by atoms with E-state index in [9.17, 15) is 4.79 Å². The summed E-state index contributed by atoms with van der Waals surface area (Å²) in [6.45, 7) is 2.43. The number of hydrogen-bond acceptors (Lipinski definition) is 5. The highest BCUT2D eigenvalue weighted by atomic mass is 32.1. The monoisotopic (exact) mass is 291 g/mol. The van der Waals surface area contributed by atoms with Crippen molar-refractivity contribution in [2.45, 2.75) is 13.5 Å². The zero-order valence-corrected chi connectivity index (χ0v) is 12.5. The number of thiazole rings is 1. The number of ether oxygens (including phenoxy) is 1. The van der Waals surface area contributed by atoms with E-state index in [4.69, 9.17) is 10.5 Å². The Kier molecular flexibility index (Phi) is 4.24. The van der Waals surface area contributed by atoms with Gasteiger partial charge in [-0.2, -0.15) is 0 Å². The Morgan fingerprint density at radius 1 is 1.50 bits per heavy atom. The zero-order valence-electron chi connectivity index (χ0n) is 11.7. The van der Waals surface area contributed by atoms with Gasteiger partial charge in [0.2, 0.25) is 0 Å². The summed E-state index contributed by atoms with van der Waals surface area (Å²) in [6, 6.07) is 5.02. The van der Waals surface area contributed by atoms with Crippen molar-refractivity contribution < 1.29 is 9.53 Å². The average molecular weight is 291 g/mol. The number of hydrogen-bond donors (Lipinski definition) is 1. The van der Waals surface area contributed by atoms with Crippen LogP contribution in [0.15, 0.2) is 23.6 Å². The topological polar surface area (TPSA) is 68.5 Å². The molecule has 2 N–H and O–H groups in total. The number of aromatic nitrogens is 1. The van der Waals surface area contributed by atoms with Crippen LogP contribution in [0.5, 0.6) is 5.75 Å². The summed E-state index contributed by atoms with van der Waals surface area (Å²) in [4.78, 5) is 18.3. The molecule has 0 aliphatic carbocycles. The number of carbonyl (C=O) groups is 1. The summed E-state index contributed by atoms with van der Waals surface area (Å²) in [6.07, 6.45) is 0. The number of nitrogens with two attached hydrogens (primary N) is 1. The summed E-state index contributed by atoms with van der Waals surface area (Å²) in [7, 11) is 3.28. The lowest BCUT2D eigenvalue weighted by molar-refractivity contribution is 0.0783. The van der Waals surface area contributed by atoms with Gasteiger partial charge in [0.15, 0.2) is 0 Å². The number of nitrogens with zero attached hydrogens (tertiary/aromatic N) is 2. The highest BCUT2D eigenvalue weighted by molar-refractivity contribution is 7.09. The van der Waals surface area contributed by atoms with E-state index in [1.807, 2.05) is 12.3 Å². The first kappa shape index (κ1) is 14.3. The Hall–Kier alpha value is -2.08. The van der Waals surface area contributed by atoms with E-state index >= 15 is 0 Å². The molecule has 2 rings (SSSR count). The van der Waals surface area contributed by atoms with Crippen LogP contribution in [0, 0.1) is 6.92 Å². The Balaban J connectivity index is 2.14. The second-order valence-electron chi connectivity index (χ2n) is 4.48. The second-order valence-corrected chi connectivity index (χ2v) is 5.54. The van der Waals surface area contributed by atoms with Crippen molar-refractivity contribution in [3.8, 4) is 5.75 Å². The maximum atomic E-state index is 12.3. The van der Waals surface area contributed by atoms with Crippen LogP contribution in [0.1, 0.15) is 21.1 Å². The minimum Gasteiger partial charge on any atom is -0.495 e. The third-order valence-corrected chi connectivity index (χ3v) is 3.72. The van der Waals surface area contributed by atoms with E-state index in [1.54, 1.807) is 41.5 Å². The molecule has 1 amide bonds. The molecule has 0 unspecified atom stereocenters. The van der Waals surface area contributed by atoms with Crippen molar-refractivity contribution in [1.82, 2.24) is 9.88 Å². The predicted octanol–water partition coefficient (Wildman–Crippen LogP) is 2.31. The van der Waals surface area contributed by atoms with E-state index in [-0.39, 0.29) is 5.91 Å². The van der Waals surface area contributed by atoms with E-state index in [0.717, 1.165) is 10.7 Å². The fourth-order valence-electron chi connectivity index (χ4n) is 1.86. The molecule has 0 saturated carbocycles. The van der Waals surface area contributed by atoms with E-state index in [2.05, 4.69) is 4.98 Å². The predicted molar refractivity (Wildman–Crippen MR) is 80.1 cm³/mol. The molecule has 0 aliphatic heterocycles. The van der Waals surface area contributed by atoms with E-state index in [1.165, 1.54) is 7.11 Å². The zero-order chi connectivity index (χ0) is 14.7. The molecule has 6 heteroatoms. The number of nitrogen functional groups attached to an aromatic ring is 1. The Morgan fingerprint density at radius 3 is 2.85 bits per heavy atom. The van der Waals surface area contributed by atoms with Gasteiger partial charge in [0.05, 0.1) is 30.0 Å². The number of aryl methyl sites for hydroxylation is 1. The second kappa shape index (κ2) is 5.92. The molecule has 0 saturated heterocycles. The first-order chi connectivity index (χ1) is 9.51. The average Bonchev–Trinajstić information content (AvgIpc) is 2.83. The molecule has 1 aromatic heterocycles. The van der Waals surface area contributed by atoms with Gasteiger partial charge in [-0.1, -0.05) is 0 Å². The van der Waals surface area contributed by atoms with Crippen molar-refractivity contribution in [1.29, 1.82) is 0 Å². The van der Waals surface area contributed by atoms with E-state index < -0.39 is 0 Å². The number of benzene rings is 1. The van der Waals surface area contributed by atoms with Crippen molar-refractivity contribution in [2.75, 3.05) is 19.9 Å². The number of carbonyl (C=O) groups excluding carboxylic acids is 1. The molecule has 1 aromatic carbocycles. The highest BCUT2D eigenvalue weighted by Crippen LogP contribution is 2.23. The van der Waals surface area contributed by atoms with Gasteiger partial charge in [0.25, 0.3) is 5.91 Å². The van der Waals surface area contributed by atoms with Gasteiger partial charge in [0, 0.05) is 18.0 Å². The van der Waals surface area contributed by atoms with Gasteiger partial charge >= 0.3 is 0 Å². The summed E-state index contributed by atoms with van der Waals surface area (Å²) >= 11 is 1.58. The van der Waals surface area contributed by atoms with Crippen molar-refractivity contribution in [2.24, 2.45) is 0 Å². The molecular weight excluding hydrogens is 274 g/mol. The number of methoxy groups -OCH3 is 1. The lowest BCUT2D eigenvalue weighted by Gasteiger charge is -2.16. The summed E-state index contributed by atoms with van der Waals surface area (Å²) in [5, 5.41) is 2.96. The fraction of sp³-hybridized carbons (Fsp3) is 0.286. The minimum absolute atomic E-state index is 0.0889. The van der Waals surface area contributed by atoms with Gasteiger partial charge in [-0.3, -0.25) is 4.79 Å². The third kappa shape index (κ3) is 3.08. The molecule has 106 valence electrons. The van der Waals surface area contributed by atoms with E-state index in [0.29, 0.717) is 23.5 Å². The molecule has 0 bridgehead atoms. The Morgan fingerprint density at radius 2 is 2.25 bits per heavy atom. The van der Waals surface area contributed by atoms with Gasteiger partial charge in [-0.25, -0.2) is 4.98 Å². The number of anilines is 1. The largest absolute Gasteiger partial charge is 0.495 e. The van der Waals surface area contributed by atoms with Crippen LogP contribution in [0.2, 0.25) is 0 Å². The molecular formula is C14H17N3O2S. The Labute approximate surface area is 122 Å². The molecule has 0 atom stereocenters. The lowest BCUT2D eigenvalue weighted by Crippen LogP contribution is -2.26. The first-order valence-corrected chi connectivity index (χ1v) is 6.99. The summed E-state index contributed by atoms with van der Waals surface area (Å²) in [5.74, 6) is 0.419. The summed E-state index contributed by atoms with van der Waals surface area (Å²) < 4.78 is 5.13. The molecule has 0 spiro atoms. The standard InChI is InChI=1S/C14H17N3O2S/c1-9-16-11(8-20-9)7-17(2)14(18)10-4-5-12(15)13(6-10)19-3/h4-6,8H,7,15H2,1-3H3. The SMILES string of the molecule is COc1cc(C(=O)N(C)Cc2csc(C)n2)ccc1N. The quantitative estimate of drug-likeness (QED) is 0.878. The first-order valence-electron chi connectivity index (χ1n) is 6.11. The molecule has 0 aliphatic rings. The van der Waals surface area contributed by atoms with Gasteiger partial charge < -0.3 is 15.4 Å². The Bertz CT molecular complexity index is 625. The maximum Gasteiger partial charge on any atom is 0.254 e. The van der Waals surface area contributed by atoms with Crippen LogP contribution in [0.3, 0.4) is 0 Å². The third-order valence-electron chi connectivity index (χ3n) is 2.89. The molecule has 0 fully saturated rings. The lowest BCUT2D eigenvalue weighted by atomic mass is 10.1. The highest BCUT2D eigenvalue weighted by Gasteiger charge is 2.15. The molecule has 1 heterocycles. The molecule has 0 radical (unpaired) electrons. The van der Waals surface area contributed by atoms with Crippen LogP contribution in [0.25, 0.3) is 0 Å². The number of amides is 1. The molecule has 20 heavy (non-hydrogen) atoms. The molecule has 5 nitrogen and oxygen atoms in total. The van der Waals surface area contributed by atoms with Gasteiger partial charge in [-0.15, -0.1) is 11.3 Å².